The van der Waals surface area contributed by atoms with Crippen LogP contribution in [0, 0.1) is 0 Å². The number of nitrogens with one attached hydrogen (secondary N) is 1. The van der Waals surface area contributed by atoms with Gasteiger partial charge in [-0.1, -0.05) is 48.5 Å². The molecule has 1 saturated carbocycles. The van der Waals surface area contributed by atoms with Crippen LogP contribution in [0.15, 0.2) is 66.9 Å². The maximum Gasteiger partial charge on any atom is 0.434 e. The van der Waals surface area contributed by atoms with Crippen LogP contribution >= 0.6 is 0 Å². The third-order valence-electron chi connectivity index (χ3n) is 4.62. The van der Waals surface area contributed by atoms with E-state index in [1.54, 1.807) is 18.2 Å². The number of carbonyl (C=O) groups is 1. The van der Waals surface area contributed by atoms with Gasteiger partial charge in [0.1, 0.15) is 0 Å². The standard InChI is InChI=1S/C20H16F3N3O/c21-20(22,23)18-16(12-24-26(18)14-9-5-2-6-10-14)19(27)25-17-11-15(17)13-7-3-1-4-8-13/h1-10,12,15,17H,11H2,(H,25,27). The van der Waals surface area contributed by atoms with Gasteiger partial charge in [0.2, 0.25) is 0 Å². The summed E-state index contributed by atoms with van der Waals surface area (Å²) in [6.45, 7) is 0. The molecule has 2 aromatic carbocycles. The van der Waals surface area contributed by atoms with Crippen molar-refractivity contribution in [2.75, 3.05) is 0 Å². The lowest BCUT2D eigenvalue weighted by molar-refractivity contribution is -0.143. The van der Waals surface area contributed by atoms with E-state index in [0.29, 0.717) is 6.42 Å². The zero-order valence-electron chi connectivity index (χ0n) is 14.1. The van der Waals surface area contributed by atoms with Crippen molar-refractivity contribution in [3.05, 3.63) is 83.7 Å². The van der Waals surface area contributed by atoms with Crippen LogP contribution in [0.5, 0.6) is 0 Å². The molecule has 4 nitrogen and oxygen atoms in total. The quantitative estimate of drug-likeness (QED) is 0.748. The molecule has 1 amide bonds. The highest BCUT2D eigenvalue weighted by molar-refractivity contribution is 5.96. The van der Waals surface area contributed by atoms with Gasteiger partial charge in [0.05, 0.1) is 17.4 Å². The van der Waals surface area contributed by atoms with Gasteiger partial charge in [0.15, 0.2) is 5.69 Å². The van der Waals surface area contributed by atoms with E-state index in [4.69, 9.17) is 0 Å². The summed E-state index contributed by atoms with van der Waals surface area (Å²) < 4.78 is 41.7. The molecule has 2 unspecified atom stereocenters. The average molecular weight is 371 g/mol. The highest BCUT2D eigenvalue weighted by atomic mass is 19.4. The number of hydrogen-bond donors (Lipinski definition) is 1. The minimum atomic E-state index is -4.71. The molecule has 1 N–H and O–H groups in total. The van der Waals surface area contributed by atoms with E-state index in [2.05, 4.69) is 10.4 Å². The number of aromatic nitrogens is 2. The van der Waals surface area contributed by atoms with Gasteiger partial charge in [-0.25, -0.2) is 4.68 Å². The molecule has 3 aromatic rings. The van der Waals surface area contributed by atoms with Crippen molar-refractivity contribution in [3.63, 3.8) is 0 Å². The van der Waals surface area contributed by atoms with Gasteiger partial charge < -0.3 is 5.32 Å². The molecule has 1 aliphatic carbocycles. The Morgan fingerprint density at radius 3 is 2.30 bits per heavy atom. The highest BCUT2D eigenvalue weighted by Gasteiger charge is 2.43. The van der Waals surface area contributed by atoms with E-state index in [-0.39, 0.29) is 17.6 Å². The first-order valence-electron chi connectivity index (χ1n) is 8.51. The molecular weight excluding hydrogens is 355 g/mol. The number of rotatable bonds is 4. The zero-order valence-corrected chi connectivity index (χ0v) is 14.1. The molecule has 0 aliphatic heterocycles. The Hall–Kier alpha value is -3.09. The van der Waals surface area contributed by atoms with E-state index in [0.717, 1.165) is 16.4 Å². The fourth-order valence-corrected chi connectivity index (χ4v) is 3.22. The number of benzene rings is 2. The highest BCUT2D eigenvalue weighted by Crippen LogP contribution is 2.41. The smallest absolute Gasteiger partial charge is 0.349 e. The first-order chi connectivity index (χ1) is 12.9. The summed E-state index contributed by atoms with van der Waals surface area (Å²) in [5.74, 6) is -0.624. The summed E-state index contributed by atoms with van der Waals surface area (Å²) in [7, 11) is 0. The number of para-hydroxylation sites is 1. The van der Waals surface area contributed by atoms with Gasteiger partial charge in [-0.2, -0.15) is 18.3 Å². The predicted octanol–water partition coefficient (Wildman–Crippen LogP) is 4.18. The summed E-state index contributed by atoms with van der Waals surface area (Å²) in [4.78, 5) is 12.5. The summed E-state index contributed by atoms with van der Waals surface area (Å²) in [5.41, 5.74) is -0.218. The van der Waals surface area contributed by atoms with Gasteiger partial charge in [-0.15, -0.1) is 0 Å². The number of nitrogens with zero attached hydrogens (tertiary/aromatic N) is 2. The molecule has 138 valence electrons. The molecule has 27 heavy (non-hydrogen) atoms. The molecule has 1 heterocycles. The van der Waals surface area contributed by atoms with Crippen LogP contribution in [0.4, 0.5) is 13.2 Å². The van der Waals surface area contributed by atoms with Gasteiger partial charge in [0.25, 0.3) is 5.91 Å². The molecule has 0 bridgehead atoms. The topological polar surface area (TPSA) is 46.9 Å². The van der Waals surface area contributed by atoms with Crippen LogP contribution in [0.2, 0.25) is 0 Å². The number of alkyl halides is 3. The Labute approximate surface area is 153 Å². The van der Waals surface area contributed by atoms with Crippen molar-refractivity contribution in [2.45, 2.75) is 24.6 Å². The van der Waals surface area contributed by atoms with Gasteiger partial charge >= 0.3 is 6.18 Å². The molecule has 7 heteroatoms. The minimum Gasteiger partial charge on any atom is -0.349 e. The monoisotopic (exact) mass is 371 g/mol. The third-order valence-corrected chi connectivity index (χ3v) is 4.62. The van der Waals surface area contributed by atoms with Gasteiger partial charge in [-0.05, 0) is 24.1 Å². The SMILES string of the molecule is O=C(NC1CC1c1ccccc1)c1cnn(-c2ccccc2)c1C(F)(F)F. The van der Waals surface area contributed by atoms with Crippen LogP contribution in [-0.4, -0.2) is 21.7 Å². The number of carbonyl (C=O) groups excluding carboxylic acids is 1. The molecule has 1 fully saturated rings. The van der Waals surface area contributed by atoms with E-state index in [1.807, 2.05) is 30.3 Å². The average Bonchev–Trinajstić information content (AvgIpc) is 3.26. The largest absolute Gasteiger partial charge is 0.434 e. The Bertz CT molecular complexity index is 952. The first-order valence-corrected chi connectivity index (χ1v) is 8.51. The minimum absolute atomic E-state index is 0.133. The lowest BCUT2D eigenvalue weighted by Gasteiger charge is -2.13. The van der Waals surface area contributed by atoms with E-state index < -0.39 is 23.3 Å². The summed E-state index contributed by atoms with van der Waals surface area (Å²) in [6, 6.07) is 17.4. The first kappa shape index (κ1) is 17.3. The second-order valence-corrected chi connectivity index (χ2v) is 6.48. The van der Waals surface area contributed by atoms with E-state index in [9.17, 15) is 18.0 Å². The Morgan fingerprint density at radius 2 is 1.67 bits per heavy atom. The second kappa shape index (κ2) is 6.57. The van der Waals surface area contributed by atoms with Crippen molar-refractivity contribution >= 4 is 5.91 Å². The third kappa shape index (κ3) is 3.45. The molecule has 2 atom stereocenters. The van der Waals surface area contributed by atoms with Gasteiger partial charge in [0, 0.05) is 12.0 Å². The number of hydrogen-bond acceptors (Lipinski definition) is 2. The normalized spacial score (nSPS) is 18.9. The predicted molar refractivity (Wildman–Crippen MR) is 93.6 cm³/mol. The van der Waals surface area contributed by atoms with Gasteiger partial charge in [-0.3, -0.25) is 4.79 Å². The Balaban J connectivity index is 1.59. The van der Waals surface area contributed by atoms with Crippen LogP contribution in [-0.2, 0) is 6.18 Å². The van der Waals surface area contributed by atoms with Crippen molar-refractivity contribution in [3.8, 4) is 5.69 Å². The molecule has 0 spiro atoms. The lowest BCUT2D eigenvalue weighted by atomic mass is 10.1. The molecule has 1 aliphatic rings. The van der Waals surface area contributed by atoms with Crippen molar-refractivity contribution in [1.82, 2.24) is 15.1 Å². The Kier molecular flexibility index (Phi) is 4.22. The van der Waals surface area contributed by atoms with Crippen molar-refractivity contribution < 1.29 is 18.0 Å². The van der Waals surface area contributed by atoms with Crippen LogP contribution in [0.3, 0.4) is 0 Å². The fourth-order valence-electron chi connectivity index (χ4n) is 3.22. The van der Waals surface area contributed by atoms with E-state index >= 15 is 0 Å². The zero-order chi connectivity index (χ0) is 19.0. The second-order valence-electron chi connectivity index (χ2n) is 6.48. The van der Waals surface area contributed by atoms with Crippen LogP contribution < -0.4 is 5.32 Å². The van der Waals surface area contributed by atoms with Crippen LogP contribution in [0.25, 0.3) is 5.69 Å². The van der Waals surface area contributed by atoms with Crippen LogP contribution in [0.1, 0.15) is 34.0 Å². The molecule has 1 aromatic heterocycles. The van der Waals surface area contributed by atoms with Crippen molar-refractivity contribution in [1.29, 1.82) is 0 Å². The number of amides is 1. The molecule has 0 radical (unpaired) electrons. The molecular formula is C20H16F3N3O. The fraction of sp³-hybridized carbons (Fsp3) is 0.200. The number of halogens is 3. The summed E-state index contributed by atoms with van der Waals surface area (Å²) >= 11 is 0. The van der Waals surface area contributed by atoms with E-state index in [1.165, 1.54) is 12.1 Å². The maximum atomic E-state index is 13.6. The lowest BCUT2D eigenvalue weighted by Crippen LogP contribution is -2.29. The van der Waals surface area contributed by atoms with Crippen molar-refractivity contribution in [2.24, 2.45) is 0 Å². The summed E-state index contributed by atoms with van der Waals surface area (Å²) in [6.07, 6.45) is -3.02. The molecule has 0 saturated heterocycles. The molecule has 4 rings (SSSR count). The summed E-state index contributed by atoms with van der Waals surface area (Å²) in [5, 5.41) is 6.52. The Morgan fingerprint density at radius 1 is 1.04 bits per heavy atom. The maximum absolute atomic E-state index is 13.6.